The second-order valence-corrected chi connectivity index (χ2v) is 3.82. The molecule has 0 atom stereocenters. The average Bonchev–Trinajstić information content (AvgIpc) is 2.05. The number of hydrogen-bond acceptors (Lipinski definition) is 2. The van der Waals surface area contributed by atoms with E-state index >= 15 is 0 Å². The summed E-state index contributed by atoms with van der Waals surface area (Å²) >= 11 is 0.863. The summed E-state index contributed by atoms with van der Waals surface area (Å²) in [4.78, 5) is 10.4. The summed E-state index contributed by atoms with van der Waals surface area (Å²) in [6.07, 6.45) is 0. The van der Waals surface area contributed by atoms with Gasteiger partial charge in [0.15, 0.2) is 0 Å². The van der Waals surface area contributed by atoms with E-state index in [0.717, 1.165) is 22.6 Å². The van der Waals surface area contributed by atoms with Crippen LogP contribution in [0.2, 0.25) is 0 Å². The Morgan fingerprint density at radius 1 is 1.40 bits per heavy atom. The minimum Gasteiger partial charge on any atom is -0.425 e. The molecule has 0 radical (unpaired) electrons. The summed E-state index contributed by atoms with van der Waals surface area (Å²) in [7, 11) is 0. The third kappa shape index (κ3) is 4.77. The zero-order chi connectivity index (χ0) is 11.5. The lowest BCUT2D eigenvalue weighted by atomic mass is 10.3. The second kappa shape index (κ2) is 4.60. The Morgan fingerprint density at radius 3 is 2.33 bits per heavy atom. The smallest absolute Gasteiger partial charge is 0.425 e. The maximum absolute atomic E-state index is 12.4. The van der Waals surface area contributed by atoms with Crippen molar-refractivity contribution in [3.63, 3.8) is 0 Å². The van der Waals surface area contributed by atoms with Crippen LogP contribution in [0, 0.1) is 0 Å². The Balaban J connectivity index is 2.68. The number of nitrogens with two attached hydrogens (primary N) is 1. The van der Waals surface area contributed by atoms with Crippen molar-refractivity contribution >= 4 is 34.3 Å². The van der Waals surface area contributed by atoms with Crippen LogP contribution in [0.25, 0.3) is 0 Å². The summed E-state index contributed by atoms with van der Waals surface area (Å²) < 4.78 is 25.8. The Bertz CT molecular complexity index is 351. The zero-order valence-electron chi connectivity index (χ0n) is 7.34. The van der Waals surface area contributed by atoms with E-state index in [9.17, 15) is 13.6 Å². The molecule has 7 heteroatoms. The molecule has 2 amide bonds. The number of benzene rings is 1. The van der Waals surface area contributed by atoms with Crippen molar-refractivity contribution in [1.29, 1.82) is 0 Å². The number of ether oxygens (including phenoxy) is 1. The minimum absolute atomic E-state index is 0.00409. The molecule has 1 aromatic rings. The molecular weight excluding hydrogens is 321 g/mol. The van der Waals surface area contributed by atoms with Crippen LogP contribution in [0.1, 0.15) is 0 Å². The number of halogens is 3. The first-order chi connectivity index (χ1) is 6.87. The molecule has 0 bridgehead atoms. The van der Waals surface area contributed by atoms with Crippen LogP contribution in [0.5, 0.6) is 5.75 Å². The van der Waals surface area contributed by atoms with E-state index < -0.39 is 10.1 Å². The number of rotatable bonds is 3. The molecule has 0 saturated carbocycles. The number of hydrogen-bond donors (Lipinski definition) is 2. The molecule has 1 aromatic carbocycles. The highest BCUT2D eigenvalue weighted by Crippen LogP contribution is 2.27. The van der Waals surface area contributed by atoms with Gasteiger partial charge in [-0.3, -0.25) is 0 Å². The third-order valence-corrected chi connectivity index (χ3v) is 1.58. The van der Waals surface area contributed by atoms with E-state index in [2.05, 4.69) is 10.1 Å². The summed E-state index contributed by atoms with van der Waals surface area (Å²) in [5, 5.41) is 2.29. The molecule has 0 spiro atoms. The van der Waals surface area contributed by atoms with E-state index in [0.29, 0.717) is 5.69 Å². The number of amides is 2. The molecule has 15 heavy (non-hydrogen) atoms. The van der Waals surface area contributed by atoms with Gasteiger partial charge in [-0.2, -0.15) is 8.78 Å². The zero-order valence-corrected chi connectivity index (χ0v) is 9.49. The number of anilines is 1. The van der Waals surface area contributed by atoms with Crippen LogP contribution in [0.4, 0.5) is 19.3 Å². The molecule has 1 rings (SSSR count). The van der Waals surface area contributed by atoms with Crippen LogP contribution in [-0.2, 0) is 0 Å². The highest BCUT2D eigenvalue weighted by Gasteiger charge is 2.25. The standard InChI is InChI=1S/C8H7F2IN2O2/c9-8(10,11)15-6-3-1-5(2-4-6)13-7(12)14/h1-4H,(H3,12,13,14). The highest BCUT2D eigenvalue weighted by molar-refractivity contribution is 14.1. The molecule has 0 aromatic heterocycles. The molecule has 0 aliphatic carbocycles. The van der Waals surface area contributed by atoms with Gasteiger partial charge in [-0.25, -0.2) is 4.79 Å². The summed E-state index contributed by atoms with van der Waals surface area (Å²) in [5.74, 6) is 0.00409. The van der Waals surface area contributed by atoms with E-state index in [-0.39, 0.29) is 5.75 Å². The molecule has 3 N–H and O–H groups in total. The van der Waals surface area contributed by atoms with Crippen LogP contribution in [0.15, 0.2) is 24.3 Å². The predicted molar refractivity (Wildman–Crippen MR) is 59.2 cm³/mol. The maximum Gasteiger partial charge on any atom is 0.451 e. The molecule has 0 fully saturated rings. The topological polar surface area (TPSA) is 64.4 Å². The first kappa shape index (κ1) is 12.0. The van der Waals surface area contributed by atoms with Gasteiger partial charge >= 0.3 is 10.1 Å². The van der Waals surface area contributed by atoms with Crippen molar-refractivity contribution < 1.29 is 18.3 Å². The Morgan fingerprint density at radius 2 is 1.93 bits per heavy atom. The van der Waals surface area contributed by atoms with Gasteiger partial charge in [-0.15, -0.1) is 0 Å². The fourth-order valence-electron chi connectivity index (χ4n) is 0.882. The van der Waals surface area contributed by atoms with Crippen molar-refractivity contribution in [3.8, 4) is 5.75 Å². The molecule has 4 nitrogen and oxygen atoms in total. The first-order valence-corrected chi connectivity index (χ1v) is 4.87. The van der Waals surface area contributed by atoms with Crippen molar-refractivity contribution in [2.75, 3.05) is 5.32 Å². The fraction of sp³-hybridized carbons (Fsp3) is 0.125. The third-order valence-electron chi connectivity index (χ3n) is 1.36. The van der Waals surface area contributed by atoms with Gasteiger partial charge in [-0.05, 0) is 24.3 Å². The lowest BCUT2D eigenvalue weighted by Gasteiger charge is -2.11. The van der Waals surface area contributed by atoms with Gasteiger partial charge in [0.05, 0.1) is 22.6 Å². The van der Waals surface area contributed by atoms with Gasteiger partial charge in [0.2, 0.25) is 0 Å². The number of nitrogens with one attached hydrogen (secondary N) is 1. The summed E-state index contributed by atoms with van der Waals surface area (Å²) in [5.41, 5.74) is 5.27. The lowest BCUT2D eigenvalue weighted by Crippen LogP contribution is -2.19. The number of carbonyl (C=O) groups excluding carboxylic acids is 1. The molecule has 0 aliphatic heterocycles. The largest absolute Gasteiger partial charge is 0.451 e. The van der Waals surface area contributed by atoms with E-state index in [1.807, 2.05) is 0 Å². The van der Waals surface area contributed by atoms with Crippen molar-refractivity contribution in [1.82, 2.24) is 0 Å². The Labute approximate surface area is 97.9 Å². The van der Waals surface area contributed by atoms with Gasteiger partial charge in [0.25, 0.3) is 0 Å². The van der Waals surface area contributed by atoms with Crippen molar-refractivity contribution in [2.45, 2.75) is 4.12 Å². The van der Waals surface area contributed by atoms with E-state index in [1.54, 1.807) is 0 Å². The van der Waals surface area contributed by atoms with Crippen LogP contribution >= 0.6 is 22.6 Å². The molecular formula is C8H7F2IN2O2. The van der Waals surface area contributed by atoms with Crippen LogP contribution in [-0.4, -0.2) is 10.1 Å². The average molecular weight is 328 g/mol. The van der Waals surface area contributed by atoms with Gasteiger partial charge in [0.1, 0.15) is 5.75 Å². The van der Waals surface area contributed by atoms with Crippen LogP contribution in [0.3, 0.4) is 0 Å². The number of alkyl halides is 3. The fourth-order valence-corrected chi connectivity index (χ4v) is 1.14. The SMILES string of the molecule is NC(=O)Nc1ccc(OC(F)(F)I)cc1. The molecule has 0 heterocycles. The Kier molecular flexibility index (Phi) is 3.66. The normalized spacial score (nSPS) is 10.9. The van der Waals surface area contributed by atoms with E-state index in [1.165, 1.54) is 24.3 Å². The van der Waals surface area contributed by atoms with Gasteiger partial charge < -0.3 is 15.8 Å². The minimum atomic E-state index is -3.25. The molecule has 82 valence electrons. The maximum atomic E-state index is 12.4. The number of primary amides is 1. The molecule has 0 unspecified atom stereocenters. The van der Waals surface area contributed by atoms with Crippen molar-refractivity contribution in [2.24, 2.45) is 5.73 Å². The van der Waals surface area contributed by atoms with Crippen LogP contribution < -0.4 is 15.8 Å². The predicted octanol–water partition coefficient (Wildman–Crippen LogP) is 2.54. The number of carbonyl (C=O) groups is 1. The monoisotopic (exact) mass is 328 g/mol. The lowest BCUT2D eigenvalue weighted by molar-refractivity contribution is -0.0691. The second-order valence-electron chi connectivity index (χ2n) is 2.56. The van der Waals surface area contributed by atoms with E-state index in [4.69, 9.17) is 5.73 Å². The summed E-state index contributed by atoms with van der Waals surface area (Å²) in [6, 6.07) is 4.70. The van der Waals surface area contributed by atoms with Crippen molar-refractivity contribution in [3.05, 3.63) is 24.3 Å². The Hall–Kier alpha value is -1.12. The first-order valence-electron chi connectivity index (χ1n) is 3.79. The molecule has 0 aliphatic rings. The molecule has 0 saturated heterocycles. The quantitative estimate of drug-likeness (QED) is 0.662. The highest BCUT2D eigenvalue weighted by atomic mass is 127. The van der Waals surface area contributed by atoms with Gasteiger partial charge in [-0.1, -0.05) is 0 Å². The van der Waals surface area contributed by atoms with Gasteiger partial charge in [0, 0.05) is 5.69 Å². The summed E-state index contributed by atoms with van der Waals surface area (Å²) in [6.45, 7) is 0. The number of urea groups is 1.